The highest BCUT2D eigenvalue weighted by Crippen LogP contribution is 2.28. The Morgan fingerprint density at radius 2 is 2.16 bits per heavy atom. The van der Waals surface area contributed by atoms with Crippen LogP contribution in [-0.4, -0.2) is 19.9 Å². The second-order valence-electron chi connectivity index (χ2n) is 4.38. The molecule has 5 nitrogen and oxygen atoms in total. The van der Waals surface area contributed by atoms with Gasteiger partial charge in [-0.1, -0.05) is 17.7 Å². The van der Waals surface area contributed by atoms with E-state index in [4.69, 9.17) is 16.3 Å². The summed E-state index contributed by atoms with van der Waals surface area (Å²) < 4.78 is 7.47. The maximum absolute atomic E-state index is 9.47. The van der Waals surface area contributed by atoms with Crippen molar-refractivity contribution in [3.05, 3.63) is 40.4 Å². The fraction of sp³-hybridized carbons (Fsp3) is 0.385. The zero-order chi connectivity index (χ0) is 14.0. The summed E-state index contributed by atoms with van der Waals surface area (Å²) in [4.78, 5) is 0. The van der Waals surface area contributed by atoms with Crippen LogP contribution >= 0.6 is 11.6 Å². The molecule has 0 spiro atoms. The van der Waals surface area contributed by atoms with Gasteiger partial charge in [0.15, 0.2) is 5.82 Å². The van der Waals surface area contributed by atoms with Crippen molar-refractivity contribution in [2.75, 3.05) is 0 Å². The van der Waals surface area contributed by atoms with E-state index in [2.05, 4.69) is 10.2 Å². The van der Waals surface area contributed by atoms with Crippen LogP contribution in [0, 0.1) is 6.92 Å². The van der Waals surface area contributed by atoms with Crippen LogP contribution in [0.25, 0.3) is 0 Å². The fourth-order valence-corrected chi connectivity index (χ4v) is 1.86. The summed E-state index contributed by atoms with van der Waals surface area (Å²) in [6.45, 7) is 3.86. The minimum Gasteiger partial charge on any atom is -0.484 e. The van der Waals surface area contributed by atoms with Crippen molar-refractivity contribution in [1.82, 2.24) is 14.8 Å². The highest BCUT2D eigenvalue weighted by Gasteiger charge is 2.09. The fourth-order valence-electron chi connectivity index (χ4n) is 1.61. The normalized spacial score (nSPS) is 12.5. The molecule has 1 aromatic heterocycles. The van der Waals surface area contributed by atoms with Gasteiger partial charge < -0.3 is 14.4 Å². The third-order valence-corrected chi connectivity index (χ3v) is 3.27. The number of halogens is 1. The van der Waals surface area contributed by atoms with Gasteiger partial charge in [0.25, 0.3) is 0 Å². The van der Waals surface area contributed by atoms with Crippen molar-refractivity contribution in [1.29, 1.82) is 0 Å². The second-order valence-corrected chi connectivity index (χ2v) is 4.78. The Kier molecular flexibility index (Phi) is 4.07. The average Bonchev–Trinajstić information content (AvgIpc) is 2.68. The summed E-state index contributed by atoms with van der Waals surface area (Å²) in [5.74, 6) is 2.12. The number of hydrogen-bond acceptors (Lipinski definition) is 4. The van der Waals surface area contributed by atoms with Crippen molar-refractivity contribution in [2.24, 2.45) is 7.05 Å². The predicted octanol–water partition coefficient (Wildman–Crippen LogP) is 2.41. The van der Waals surface area contributed by atoms with Crippen LogP contribution in [0.4, 0.5) is 0 Å². The van der Waals surface area contributed by atoms with Crippen LogP contribution in [0.15, 0.2) is 18.2 Å². The lowest BCUT2D eigenvalue weighted by Crippen LogP contribution is -2.05. The SMILES string of the molecule is Cc1nnc(COc2ccc([C@H](C)O)cc2Cl)n1C. The number of aromatic nitrogens is 3. The number of aliphatic hydroxyl groups is 1. The molecule has 0 aliphatic rings. The summed E-state index contributed by atoms with van der Waals surface area (Å²) >= 11 is 6.11. The van der Waals surface area contributed by atoms with Crippen molar-refractivity contribution in [3.8, 4) is 5.75 Å². The van der Waals surface area contributed by atoms with Gasteiger partial charge in [-0.2, -0.15) is 0 Å². The minimum atomic E-state index is -0.548. The number of benzene rings is 1. The molecule has 2 aromatic rings. The third-order valence-electron chi connectivity index (χ3n) is 2.98. The van der Waals surface area contributed by atoms with Gasteiger partial charge in [0.05, 0.1) is 11.1 Å². The van der Waals surface area contributed by atoms with Gasteiger partial charge in [-0.05, 0) is 31.5 Å². The van der Waals surface area contributed by atoms with Crippen LogP contribution in [0.5, 0.6) is 5.75 Å². The van der Waals surface area contributed by atoms with Crippen LogP contribution in [0.2, 0.25) is 5.02 Å². The maximum Gasteiger partial charge on any atom is 0.170 e. The molecule has 0 aliphatic heterocycles. The molecule has 1 atom stereocenters. The van der Waals surface area contributed by atoms with E-state index >= 15 is 0 Å². The molecule has 2 rings (SSSR count). The monoisotopic (exact) mass is 281 g/mol. The van der Waals surface area contributed by atoms with E-state index in [9.17, 15) is 5.11 Å². The Hall–Kier alpha value is -1.59. The van der Waals surface area contributed by atoms with E-state index in [0.29, 0.717) is 17.4 Å². The summed E-state index contributed by atoms with van der Waals surface area (Å²) in [6, 6.07) is 5.23. The molecule has 1 heterocycles. The van der Waals surface area contributed by atoms with E-state index in [-0.39, 0.29) is 0 Å². The molecular formula is C13H16ClN3O2. The van der Waals surface area contributed by atoms with Crippen molar-refractivity contribution in [3.63, 3.8) is 0 Å². The first-order valence-electron chi connectivity index (χ1n) is 5.94. The molecule has 0 unspecified atom stereocenters. The van der Waals surface area contributed by atoms with Crippen LogP contribution < -0.4 is 4.74 Å². The summed E-state index contributed by atoms with van der Waals surface area (Å²) in [6.07, 6.45) is -0.548. The summed E-state index contributed by atoms with van der Waals surface area (Å²) in [5.41, 5.74) is 0.756. The molecule has 0 bridgehead atoms. The van der Waals surface area contributed by atoms with Gasteiger partial charge in [0, 0.05) is 7.05 Å². The van der Waals surface area contributed by atoms with Crippen molar-refractivity contribution < 1.29 is 9.84 Å². The van der Waals surface area contributed by atoms with Crippen LogP contribution in [-0.2, 0) is 13.7 Å². The van der Waals surface area contributed by atoms with E-state index in [0.717, 1.165) is 17.2 Å². The number of ether oxygens (including phenoxy) is 1. The lowest BCUT2D eigenvalue weighted by Gasteiger charge is -2.10. The molecule has 0 fully saturated rings. The largest absolute Gasteiger partial charge is 0.484 e. The Labute approximate surface area is 116 Å². The molecule has 1 N–H and O–H groups in total. The van der Waals surface area contributed by atoms with E-state index in [1.165, 1.54) is 0 Å². The van der Waals surface area contributed by atoms with Crippen LogP contribution in [0.3, 0.4) is 0 Å². The van der Waals surface area contributed by atoms with Gasteiger partial charge in [0.2, 0.25) is 0 Å². The van der Waals surface area contributed by atoms with Gasteiger partial charge in [-0.25, -0.2) is 0 Å². The van der Waals surface area contributed by atoms with E-state index in [1.54, 1.807) is 25.1 Å². The summed E-state index contributed by atoms with van der Waals surface area (Å²) in [5, 5.41) is 17.9. The number of aryl methyl sites for hydroxylation is 1. The molecule has 0 saturated carbocycles. The molecule has 0 aliphatic carbocycles. The van der Waals surface area contributed by atoms with Crippen molar-refractivity contribution >= 4 is 11.6 Å². The van der Waals surface area contributed by atoms with Gasteiger partial charge in [0.1, 0.15) is 18.2 Å². The molecule has 102 valence electrons. The molecule has 6 heteroatoms. The molecule has 0 saturated heterocycles. The Bertz CT molecular complexity index is 581. The van der Waals surface area contributed by atoms with E-state index in [1.807, 2.05) is 18.5 Å². The molecule has 1 aromatic carbocycles. The molecule has 0 radical (unpaired) electrons. The lowest BCUT2D eigenvalue weighted by atomic mass is 10.1. The van der Waals surface area contributed by atoms with Gasteiger partial charge in [-0.15, -0.1) is 10.2 Å². The minimum absolute atomic E-state index is 0.297. The zero-order valence-electron chi connectivity index (χ0n) is 11.1. The summed E-state index contributed by atoms with van der Waals surface area (Å²) in [7, 11) is 1.88. The molecular weight excluding hydrogens is 266 g/mol. The third kappa shape index (κ3) is 3.05. The lowest BCUT2D eigenvalue weighted by molar-refractivity contribution is 0.199. The highest BCUT2D eigenvalue weighted by molar-refractivity contribution is 6.32. The Balaban J connectivity index is 2.10. The Morgan fingerprint density at radius 3 is 2.68 bits per heavy atom. The maximum atomic E-state index is 9.47. The van der Waals surface area contributed by atoms with Crippen molar-refractivity contribution in [2.45, 2.75) is 26.6 Å². The topological polar surface area (TPSA) is 60.2 Å². The molecule has 19 heavy (non-hydrogen) atoms. The van der Waals surface area contributed by atoms with Gasteiger partial charge >= 0.3 is 0 Å². The first-order valence-corrected chi connectivity index (χ1v) is 6.32. The quantitative estimate of drug-likeness (QED) is 0.935. The molecule has 0 amide bonds. The van der Waals surface area contributed by atoms with Gasteiger partial charge in [-0.3, -0.25) is 0 Å². The predicted molar refractivity (Wildman–Crippen MR) is 72.2 cm³/mol. The van der Waals surface area contributed by atoms with E-state index < -0.39 is 6.10 Å². The van der Waals surface area contributed by atoms with Crippen LogP contribution in [0.1, 0.15) is 30.2 Å². The average molecular weight is 282 g/mol. The number of rotatable bonds is 4. The standard InChI is InChI=1S/C13H16ClN3O2/c1-8(18)10-4-5-12(11(14)6-10)19-7-13-16-15-9(2)17(13)3/h4-6,8,18H,7H2,1-3H3/t8-/m0/s1. The number of nitrogens with zero attached hydrogens (tertiary/aromatic N) is 3. The Morgan fingerprint density at radius 1 is 1.42 bits per heavy atom. The number of hydrogen-bond donors (Lipinski definition) is 1. The zero-order valence-corrected chi connectivity index (χ0v) is 11.8. The first kappa shape index (κ1) is 13.8. The number of aliphatic hydroxyl groups excluding tert-OH is 1. The first-order chi connectivity index (χ1) is 8.99. The highest BCUT2D eigenvalue weighted by atomic mass is 35.5. The second kappa shape index (κ2) is 5.59. The smallest absolute Gasteiger partial charge is 0.170 e.